The first-order chi connectivity index (χ1) is 12.5. The van der Waals surface area contributed by atoms with Crippen LogP contribution in [0.1, 0.15) is 17.5 Å². The number of ether oxygens (including phenoxy) is 2. The molecule has 0 atom stereocenters. The zero-order valence-corrected chi connectivity index (χ0v) is 15.1. The van der Waals surface area contributed by atoms with Crippen molar-refractivity contribution in [2.45, 2.75) is 12.8 Å². The Bertz CT molecular complexity index is 950. The summed E-state index contributed by atoms with van der Waals surface area (Å²) in [6.07, 6.45) is 2.84. The molecule has 1 aliphatic rings. The maximum Gasteiger partial charge on any atom is 0.343 e. The van der Waals surface area contributed by atoms with E-state index in [1.54, 1.807) is 24.3 Å². The Balaban J connectivity index is 1.76. The summed E-state index contributed by atoms with van der Waals surface area (Å²) in [5, 5.41) is 0. The van der Waals surface area contributed by atoms with Gasteiger partial charge in [-0.05, 0) is 42.2 Å². The van der Waals surface area contributed by atoms with Gasteiger partial charge in [-0.1, -0.05) is 30.3 Å². The second kappa shape index (κ2) is 7.61. The number of methoxy groups -OCH3 is 1. The molecule has 0 aliphatic heterocycles. The SMILES string of the molecule is COC(=O)COc1cccc(NS(=O)(=O)C2=Cc3ccccc3CC2)c1. The molecule has 2 aromatic carbocycles. The lowest BCUT2D eigenvalue weighted by molar-refractivity contribution is -0.142. The number of rotatable bonds is 6. The summed E-state index contributed by atoms with van der Waals surface area (Å²) < 4.78 is 37.7. The molecule has 0 amide bonds. The molecule has 0 spiro atoms. The van der Waals surface area contributed by atoms with E-state index in [0.29, 0.717) is 29.2 Å². The average Bonchev–Trinajstić information content (AvgIpc) is 2.65. The average molecular weight is 373 g/mol. The van der Waals surface area contributed by atoms with Gasteiger partial charge in [-0.25, -0.2) is 13.2 Å². The molecule has 26 heavy (non-hydrogen) atoms. The summed E-state index contributed by atoms with van der Waals surface area (Å²) in [4.78, 5) is 11.5. The molecule has 0 saturated heterocycles. The highest BCUT2D eigenvalue weighted by atomic mass is 32.2. The molecule has 0 saturated carbocycles. The smallest absolute Gasteiger partial charge is 0.343 e. The highest BCUT2D eigenvalue weighted by molar-refractivity contribution is 7.96. The number of anilines is 1. The first kappa shape index (κ1) is 18.0. The Morgan fingerprint density at radius 3 is 2.73 bits per heavy atom. The third kappa shape index (κ3) is 4.23. The number of hydrogen-bond acceptors (Lipinski definition) is 5. The third-order valence-corrected chi connectivity index (χ3v) is 5.54. The molecular weight excluding hydrogens is 354 g/mol. The van der Waals surface area contributed by atoms with Gasteiger partial charge in [-0.15, -0.1) is 0 Å². The zero-order valence-electron chi connectivity index (χ0n) is 14.3. The molecule has 0 fully saturated rings. The van der Waals surface area contributed by atoms with Crippen molar-refractivity contribution in [3.8, 4) is 5.75 Å². The number of benzene rings is 2. The van der Waals surface area contributed by atoms with Crippen LogP contribution in [0.4, 0.5) is 5.69 Å². The fourth-order valence-electron chi connectivity index (χ4n) is 2.69. The minimum atomic E-state index is -3.67. The summed E-state index contributed by atoms with van der Waals surface area (Å²) in [6, 6.07) is 14.2. The van der Waals surface area contributed by atoms with Gasteiger partial charge in [-0.2, -0.15) is 0 Å². The van der Waals surface area contributed by atoms with E-state index in [-0.39, 0.29) is 6.61 Å². The van der Waals surface area contributed by atoms with Crippen LogP contribution in [0.2, 0.25) is 0 Å². The minimum absolute atomic E-state index is 0.241. The van der Waals surface area contributed by atoms with Gasteiger partial charge >= 0.3 is 5.97 Å². The van der Waals surface area contributed by atoms with Crippen LogP contribution in [0.3, 0.4) is 0 Å². The van der Waals surface area contributed by atoms with Crippen molar-refractivity contribution in [1.82, 2.24) is 0 Å². The molecule has 1 aliphatic carbocycles. The van der Waals surface area contributed by atoms with E-state index in [2.05, 4.69) is 9.46 Å². The molecule has 0 aromatic heterocycles. The number of carbonyl (C=O) groups is 1. The molecule has 0 unspecified atom stereocenters. The lowest BCUT2D eigenvalue weighted by Crippen LogP contribution is -2.17. The fourth-order valence-corrected chi connectivity index (χ4v) is 3.91. The van der Waals surface area contributed by atoms with Gasteiger partial charge in [0.25, 0.3) is 10.0 Å². The zero-order chi connectivity index (χ0) is 18.6. The highest BCUT2D eigenvalue weighted by Crippen LogP contribution is 2.28. The molecule has 0 bridgehead atoms. The standard InChI is InChI=1S/C19H19NO5S/c1-24-19(21)13-25-17-8-4-7-16(12-17)20-26(22,23)18-10-9-14-5-2-3-6-15(14)11-18/h2-8,11-12,20H,9-10,13H2,1H3. The summed E-state index contributed by atoms with van der Waals surface area (Å²) in [5.74, 6) is -0.138. The number of sulfonamides is 1. The van der Waals surface area contributed by atoms with E-state index < -0.39 is 16.0 Å². The molecule has 1 N–H and O–H groups in total. The van der Waals surface area contributed by atoms with Gasteiger partial charge in [0, 0.05) is 6.07 Å². The number of nitrogens with one attached hydrogen (secondary N) is 1. The van der Waals surface area contributed by atoms with Crippen LogP contribution < -0.4 is 9.46 Å². The van der Waals surface area contributed by atoms with E-state index in [1.165, 1.54) is 13.2 Å². The highest BCUT2D eigenvalue weighted by Gasteiger charge is 2.21. The van der Waals surface area contributed by atoms with E-state index in [0.717, 1.165) is 11.1 Å². The van der Waals surface area contributed by atoms with Crippen molar-refractivity contribution in [1.29, 1.82) is 0 Å². The number of aryl methyl sites for hydroxylation is 1. The maximum atomic E-state index is 12.7. The van der Waals surface area contributed by atoms with Crippen molar-refractivity contribution in [2.75, 3.05) is 18.4 Å². The van der Waals surface area contributed by atoms with Gasteiger partial charge in [-0.3, -0.25) is 4.72 Å². The van der Waals surface area contributed by atoms with E-state index >= 15 is 0 Å². The third-order valence-electron chi connectivity index (χ3n) is 4.03. The van der Waals surface area contributed by atoms with Gasteiger partial charge in [0.05, 0.1) is 17.7 Å². The lowest BCUT2D eigenvalue weighted by Gasteiger charge is -2.17. The number of esters is 1. The Morgan fingerprint density at radius 2 is 1.92 bits per heavy atom. The molecule has 7 heteroatoms. The van der Waals surface area contributed by atoms with Gasteiger partial charge in [0.2, 0.25) is 0 Å². The van der Waals surface area contributed by atoms with Crippen LogP contribution in [0.5, 0.6) is 5.75 Å². The largest absolute Gasteiger partial charge is 0.482 e. The van der Waals surface area contributed by atoms with Crippen LogP contribution in [0.15, 0.2) is 53.4 Å². The second-order valence-corrected chi connectivity index (χ2v) is 7.54. The molecule has 6 nitrogen and oxygen atoms in total. The normalized spacial score (nSPS) is 13.3. The Morgan fingerprint density at radius 1 is 1.12 bits per heavy atom. The van der Waals surface area contributed by atoms with Gasteiger partial charge in [0.1, 0.15) is 5.75 Å². The first-order valence-corrected chi connectivity index (χ1v) is 9.57. The number of carbonyl (C=O) groups excluding carboxylic acids is 1. The van der Waals surface area contributed by atoms with E-state index in [4.69, 9.17) is 4.74 Å². The van der Waals surface area contributed by atoms with Crippen molar-refractivity contribution in [3.05, 3.63) is 64.6 Å². The monoisotopic (exact) mass is 373 g/mol. The van der Waals surface area contributed by atoms with Crippen molar-refractivity contribution >= 4 is 27.8 Å². The summed E-state index contributed by atoms with van der Waals surface area (Å²) in [7, 11) is -2.40. The van der Waals surface area contributed by atoms with Crippen LogP contribution in [-0.4, -0.2) is 28.1 Å². The Labute approximate surface area is 152 Å². The fraction of sp³-hybridized carbons (Fsp3) is 0.211. The molecule has 3 rings (SSSR count). The quantitative estimate of drug-likeness (QED) is 0.787. The molecule has 2 aromatic rings. The number of fused-ring (bicyclic) bond motifs is 1. The number of allylic oxidation sites excluding steroid dienone is 1. The molecule has 136 valence electrons. The molecule has 0 radical (unpaired) electrons. The summed E-state index contributed by atoms with van der Waals surface area (Å²) in [5.41, 5.74) is 2.44. The van der Waals surface area contributed by atoms with Crippen LogP contribution >= 0.6 is 0 Å². The molecule has 0 heterocycles. The van der Waals surface area contributed by atoms with Crippen LogP contribution in [0, 0.1) is 0 Å². The van der Waals surface area contributed by atoms with Gasteiger partial charge < -0.3 is 9.47 Å². The second-order valence-electron chi connectivity index (χ2n) is 5.81. The Kier molecular flexibility index (Phi) is 5.27. The van der Waals surface area contributed by atoms with Crippen LogP contribution in [0.25, 0.3) is 6.08 Å². The predicted molar refractivity (Wildman–Crippen MR) is 99.2 cm³/mol. The first-order valence-electron chi connectivity index (χ1n) is 8.09. The lowest BCUT2D eigenvalue weighted by atomic mass is 9.98. The predicted octanol–water partition coefficient (Wildman–Crippen LogP) is 2.97. The van der Waals surface area contributed by atoms with Crippen molar-refractivity contribution in [3.63, 3.8) is 0 Å². The topological polar surface area (TPSA) is 81.7 Å². The van der Waals surface area contributed by atoms with Crippen LogP contribution in [-0.2, 0) is 26.0 Å². The van der Waals surface area contributed by atoms with E-state index in [1.807, 2.05) is 24.3 Å². The van der Waals surface area contributed by atoms with Crippen molar-refractivity contribution in [2.24, 2.45) is 0 Å². The van der Waals surface area contributed by atoms with Gasteiger partial charge in [0.15, 0.2) is 6.61 Å². The summed E-state index contributed by atoms with van der Waals surface area (Å²) >= 11 is 0. The van der Waals surface area contributed by atoms with Crippen molar-refractivity contribution < 1.29 is 22.7 Å². The van der Waals surface area contributed by atoms with E-state index in [9.17, 15) is 13.2 Å². The molecular formula is C19H19NO5S. The number of hydrogen-bond donors (Lipinski definition) is 1. The summed E-state index contributed by atoms with van der Waals surface area (Å²) in [6.45, 7) is -0.241. The maximum absolute atomic E-state index is 12.7. The minimum Gasteiger partial charge on any atom is -0.482 e. The Hall–Kier alpha value is -2.80.